The molecule has 0 spiro atoms. The molecule has 4 rings (SSSR count). The van der Waals surface area contributed by atoms with E-state index in [2.05, 4.69) is 25.8 Å². The van der Waals surface area contributed by atoms with Crippen LogP contribution in [0.15, 0.2) is 24.7 Å². The van der Waals surface area contributed by atoms with E-state index >= 15 is 0 Å². The van der Waals surface area contributed by atoms with Crippen molar-refractivity contribution in [3.8, 4) is 0 Å². The fourth-order valence-electron chi connectivity index (χ4n) is 3.82. The SMILES string of the molecule is CC(C)(C)[n+]1cc(NC(=O)c2cnn3ccc(N[C@@H]4CCCC[C@@H]4O)nc23)c(C(F)F)[nH]1. The summed E-state index contributed by atoms with van der Waals surface area (Å²) in [7, 11) is 0. The van der Waals surface area contributed by atoms with Gasteiger partial charge in [-0.2, -0.15) is 10.2 Å². The number of aliphatic hydroxyl groups excluding tert-OH is 1. The molecule has 9 nitrogen and oxygen atoms in total. The van der Waals surface area contributed by atoms with Crippen LogP contribution in [0.25, 0.3) is 5.65 Å². The van der Waals surface area contributed by atoms with Crippen LogP contribution in [0.2, 0.25) is 0 Å². The van der Waals surface area contributed by atoms with E-state index in [1.54, 1.807) is 12.3 Å². The number of aliphatic hydroxyl groups is 1. The Hall–Kier alpha value is -3.08. The Labute approximate surface area is 183 Å². The van der Waals surface area contributed by atoms with Crippen LogP contribution in [0, 0.1) is 0 Å². The number of alkyl halides is 2. The molecule has 11 heteroatoms. The monoisotopic (exact) mass is 448 g/mol. The number of fused-ring (bicyclic) bond motifs is 1. The van der Waals surface area contributed by atoms with Crippen molar-refractivity contribution in [1.82, 2.24) is 19.7 Å². The Bertz CT molecular complexity index is 1120. The Morgan fingerprint density at radius 3 is 2.78 bits per heavy atom. The molecular weight excluding hydrogens is 420 g/mol. The molecule has 1 amide bonds. The normalized spacial score (nSPS) is 19.5. The van der Waals surface area contributed by atoms with Crippen molar-refractivity contribution in [2.45, 2.75) is 70.6 Å². The Morgan fingerprint density at radius 1 is 1.34 bits per heavy atom. The largest absolute Gasteiger partial charge is 0.391 e. The molecule has 0 unspecified atom stereocenters. The van der Waals surface area contributed by atoms with Gasteiger partial charge in [0.15, 0.2) is 16.9 Å². The number of rotatable bonds is 5. The topological polar surface area (TPSA) is 111 Å². The highest BCUT2D eigenvalue weighted by atomic mass is 19.3. The quantitative estimate of drug-likeness (QED) is 0.449. The standard InChI is InChI=1S/C21H27F2N7O2/c1-21(2,3)30-11-14(17(28-30)18(22)23)26-20(32)12-10-24-29-9-8-16(27-19(12)29)25-13-6-4-5-7-15(13)31/h8-11,13,15,18,31H,4-7H2,1-3H3,(H2,24,25,26,27,32)/p+1/t13-,15+/m1/s1. The zero-order valence-electron chi connectivity index (χ0n) is 18.3. The van der Waals surface area contributed by atoms with Crippen LogP contribution >= 0.6 is 0 Å². The predicted molar refractivity (Wildman–Crippen MR) is 114 cm³/mol. The number of halogens is 2. The summed E-state index contributed by atoms with van der Waals surface area (Å²) in [5, 5.41) is 22.8. The van der Waals surface area contributed by atoms with Crippen LogP contribution in [0.3, 0.4) is 0 Å². The summed E-state index contributed by atoms with van der Waals surface area (Å²) in [4.78, 5) is 17.4. The zero-order chi connectivity index (χ0) is 23.0. The second kappa shape index (κ2) is 8.45. The molecular formula is C21H28F2N7O2+. The lowest BCUT2D eigenvalue weighted by atomic mass is 9.93. The number of hydrogen-bond donors (Lipinski definition) is 4. The Morgan fingerprint density at radius 2 is 2.09 bits per heavy atom. The number of aromatic nitrogens is 5. The number of hydrogen-bond acceptors (Lipinski definition) is 5. The van der Waals surface area contributed by atoms with Crippen molar-refractivity contribution in [2.75, 3.05) is 10.6 Å². The van der Waals surface area contributed by atoms with E-state index < -0.39 is 24.0 Å². The highest BCUT2D eigenvalue weighted by Crippen LogP contribution is 2.26. The molecule has 172 valence electrons. The van der Waals surface area contributed by atoms with Gasteiger partial charge in [0, 0.05) is 27.0 Å². The van der Waals surface area contributed by atoms with Gasteiger partial charge in [0.2, 0.25) is 6.20 Å². The Kier molecular flexibility index (Phi) is 5.85. The molecule has 0 radical (unpaired) electrons. The van der Waals surface area contributed by atoms with Crippen LogP contribution in [0.4, 0.5) is 20.3 Å². The van der Waals surface area contributed by atoms with Crippen molar-refractivity contribution in [3.05, 3.63) is 35.9 Å². The van der Waals surface area contributed by atoms with Gasteiger partial charge in [-0.3, -0.25) is 4.79 Å². The lowest BCUT2D eigenvalue weighted by Crippen LogP contribution is -2.51. The van der Waals surface area contributed by atoms with Crippen molar-refractivity contribution in [3.63, 3.8) is 0 Å². The summed E-state index contributed by atoms with van der Waals surface area (Å²) in [6.07, 6.45) is 4.81. The van der Waals surface area contributed by atoms with E-state index in [1.807, 2.05) is 20.8 Å². The van der Waals surface area contributed by atoms with Crippen LogP contribution in [0.5, 0.6) is 0 Å². The minimum atomic E-state index is -2.78. The lowest BCUT2D eigenvalue weighted by molar-refractivity contribution is -0.802. The molecule has 32 heavy (non-hydrogen) atoms. The third-order valence-electron chi connectivity index (χ3n) is 5.65. The third kappa shape index (κ3) is 4.43. The molecule has 0 saturated heterocycles. The third-order valence-corrected chi connectivity index (χ3v) is 5.65. The number of nitrogens with zero attached hydrogens (tertiary/aromatic N) is 4. The molecule has 3 aromatic heterocycles. The molecule has 1 aliphatic rings. The Balaban J connectivity index is 1.60. The molecule has 2 atom stereocenters. The molecule has 1 aliphatic carbocycles. The molecule has 4 N–H and O–H groups in total. The van der Waals surface area contributed by atoms with Crippen LogP contribution in [-0.4, -0.2) is 42.9 Å². The number of aromatic amines is 1. The number of H-pyrrole nitrogens is 1. The smallest absolute Gasteiger partial charge is 0.285 e. The molecule has 0 aromatic carbocycles. The van der Waals surface area contributed by atoms with Gasteiger partial charge >= 0.3 is 0 Å². The van der Waals surface area contributed by atoms with Gasteiger partial charge in [0.05, 0.1) is 18.3 Å². The fraction of sp³-hybridized carbons (Fsp3) is 0.524. The molecule has 1 saturated carbocycles. The highest BCUT2D eigenvalue weighted by molar-refractivity contribution is 6.08. The van der Waals surface area contributed by atoms with Gasteiger partial charge in [0.25, 0.3) is 12.3 Å². The van der Waals surface area contributed by atoms with Crippen molar-refractivity contribution < 1.29 is 23.4 Å². The summed E-state index contributed by atoms with van der Waals surface area (Å²) < 4.78 is 30.0. The first kappa shape index (κ1) is 22.1. The number of carbonyl (C=O) groups excluding carboxylic acids is 1. The maximum Gasteiger partial charge on any atom is 0.285 e. The number of anilines is 2. The van der Waals surface area contributed by atoms with E-state index in [0.717, 1.165) is 25.7 Å². The maximum absolute atomic E-state index is 13.5. The number of carbonyl (C=O) groups is 1. The summed E-state index contributed by atoms with van der Waals surface area (Å²) >= 11 is 0. The van der Waals surface area contributed by atoms with E-state index in [0.29, 0.717) is 5.82 Å². The number of amides is 1. The fourth-order valence-corrected chi connectivity index (χ4v) is 3.82. The van der Waals surface area contributed by atoms with Gasteiger partial charge in [0.1, 0.15) is 17.1 Å². The average molecular weight is 448 g/mol. The summed E-state index contributed by atoms with van der Waals surface area (Å²) in [6.45, 7) is 5.58. The average Bonchev–Trinajstić information content (AvgIpc) is 3.33. The van der Waals surface area contributed by atoms with Crippen molar-refractivity contribution in [2.24, 2.45) is 0 Å². The first-order valence-electron chi connectivity index (χ1n) is 10.7. The summed E-state index contributed by atoms with van der Waals surface area (Å²) in [6, 6.07) is 1.61. The minimum Gasteiger partial charge on any atom is -0.391 e. The number of nitrogens with one attached hydrogen (secondary N) is 3. The molecule has 3 heterocycles. The lowest BCUT2D eigenvalue weighted by Gasteiger charge is -2.28. The highest BCUT2D eigenvalue weighted by Gasteiger charge is 2.31. The minimum absolute atomic E-state index is 0.00103. The molecule has 1 fully saturated rings. The maximum atomic E-state index is 13.5. The van der Waals surface area contributed by atoms with Gasteiger partial charge < -0.3 is 15.7 Å². The first-order chi connectivity index (χ1) is 15.1. The second-order valence-corrected chi connectivity index (χ2v) is 9.11. The van der Waals surface area contributed by atoms with E-state index in [9.17, 15) is 18.7 Å². The van der Waals surface area contributed by atoms with Crippen LogP contribution in [0.1, 0.15) is 68.9 Å². The second-order valence-electron chi connectivity index (χ2n) is 9.11. The van der Waals surface area contributed by atoms with Crippen molar-refractivity contribution in [1.29, 1.82) is 0 Å². The van der Waals surface area contributed by atoms with Crippen LogP contribution in [-0.2, 0) is 5.54 Å². The molecule has 3 aromatic rings. The summed E-state index contributed by atoms with van der Waals surface area (Å²) in [5.74, 6) is -0.0807. The van der Waals surface area contributed by atoms with Gasteiger partial charge in [-0.05, 0) is 18.9 Å². The zero-order valence-corrected chi connectivity index (χ0v) is 18.3. The van der Waals surface area contributed by atoms with Gasteiger partial charge in [-0.25, -0.2) is 18.3 Å². The first-order valence-corrected chi connectivity index (χ1v) is 10.7. The predicted octanol–water partition coefficient (Wildman–Crippen LogP) is 3.01. The van der Waals surface area contributed by atoms with E-state index in [-0.39, 0.29) is 28.6 Å². The van der Waals surface area contributed by atoms with Gasteiger partial charge in [-0.15, -0.1) is 4.68 Å². The van der Waals surface area contributed by atoms with E-state index in [4.69, 9.17) is 0 Å². The summed E-state index contributed by atoms with van der Waals surface area (Å²) in [5.41, 5.74) is -0.398. The van der Waals surface area contributed by atoms with E-state index in [1.165, 1.54) is 21.6 Å². The molecule has 0 aliphatic heterocycles. The van der Waals surface area contributed by atoms with Crippen LogP contribution < -0.4 is 15.3 Å². The van der Waals surface area contributed by atoms with Crippen molar-refractivity contribution >= 4 is 23.1 Å². The molecule has 0 bridgehead atoms. The van der Waals surface area contributed by atoms with Gasteiger partial charge in [-0.1, -0.05) is 12.8 Å².